The monoisotopic (exact) mass is 248 g/mol. The highest BCUT2D eigenvalue weighted by atomic mass is 16.6. The topological polar surface area (TPSA) is 29.5 Å². The molecule has 0 aliphatic carbocycles. The van der Waals surface area contributed by atoms with Crippen LogP contribution in [0.3, 0.4) is 0 Å². The second-order valence-electron chi connectivity index (χ2n) is 5.31. The van der Waals surface area contributed by atoms with Crippen molar-refractivity contribution < 1.29 is 9.53 Å². The van der Waals surface area contributed by atoms with Gasteiger partial charge in [0.15, 0.2) is 0 Å². The first-order valence-corrected chi connectivity index (χ1v) is 6.21. The van der Waals surface area contributed by atoms with Gasteiger partial charge in [0.05, 0.1) is 0 Å². The fourth-order valence-electron chi connectivity index (χ4n) is 1.45. The summed E-state index contributed by atoms with van der Waals surface area (Å²) in [5.74, 6) is 0. The van der Waals surface area contributed by atoms with Crippen LogP contribution in [-0.2, 0) is 4.74 Å². The van der Waals surface area contributed by atoms with Gasteiger partial charge in [-0.2, -0.15) is 0 Å². The number of hydrogen-bond acceptors (Lipinski definition) is 2. The summed E-state index contributed by atoms with van der Waals surface area (Å²) in [5, 5.41) is 0. The van der Waals surface area contributed by atoms with Gasteiger partial charge in [0.1, 0.15) is 5.60 Å². The summed E-state index contributed by atoms with van der Waals surface area (Å²) in [6.45, 7) is 6.27. The van der Waals surface area contributed by atoms with Crippen molar-refractivity contribution in [3.8, 4) is 0 Å². The average Bonchev–Trinajstić information content (AvgIpc) is 2.28. The standard InChI is InChI=1S/C15H22NO2/c1-15(2,3)18-14(17)16(4)12-8-11-13-9-6-5-7-10-13/h5-7,9-11H,8,12H2,1-4H3. The third-order valence-corrected chi connectivity index (χ3v) is 2.35. The summed E-state index contributed by atoms with van der Waals surface area (Å²) in [6.07, 6.45) is 2.66. The molecule has 3 nitrogen and oxygen atoms in total. The highest BCUT2D eigenvalue weighted by molar-refractivity contribution is 5.67. The average molecular weight is 248 g/mol. The first-order chi connectivity index (χ1) is 8.38. The molecule has 0 fully saturated rings. The van der Waals surface area contributed by atoms with Crippen molar-refractivity contribution in [2.24, 2.45) is 0 Å². The summed E-state index contributed by atoms with van der Waals surface area (Å²) < 4.78 is 5.28. The molecule has 0 spiro atoms. The number of nitrogens with zero attached hydrogens (tertiary/aromatic N) is 1. The first kappa shape index (κ1) is 14.6. The van der Waals surface area contributed by atoms with Gasteiger partial charge in [0.25, 0.3) is 0 Å². The quantitative estimate of drug-likeness (QED) is 0.816. The zero-order valence-electron chi connectivity index (χ0n) is 11.6. The van der Waals surface area contributed by atoms with Gasteiger partial charge in [-0.1, -0.05) is 30.3 Å². The van der Waals surface area contributed by atoms with Gasteiger partial charge in [-0.25, -0.2) is 4.79 Å². The fraction of sp³-hybridized carbons (Fsp3) is 0.467. The van der Waals surface area contributed by atoms with Crippen molar-refractivity contribution in [2.45, 2.75) is 32.8 Å². The number of hydrogen-bond donors (Lipinski definition) is 0. The summed E-state index contributed by atoms with van der Waals surface area (Å²) in [4.78, 5) is 13.3. The van der Waals surface area contributed by atoms with Gasteiger partial charge in [-0.05, 0) is 39.2 Å². The smallest absolute Gasteiger partial charge is 0.410 e. The van der Waals surface area contributed by atoms with E-state index in [0.717, 1.165) is 6.42 Å². The van der Waals surface area contributed by atoms with Crippen molar-refractivity contribution in [1.29, 1.82) is 0 Å². The molecule has 0 bridgehead atoms. The van der Waals surface area contributed by atoms with Crippen molar-refractivity contribution in [2.75, 3.05) is 13.6 Å². The number of carbonyl (C=O) groups excluding carboxylic acids is 1. The molecule has 1 aromatic carbocycles. The maximum Gasteiger partial charge on any atom is 0.410 e. The van der Waals surface area contributed by atoms with Crippen LogP contribution in [0.4, 0.5) is 4.79 Å². The van der Waals surface area contributed by atoms with Crippen LogP contribution in [0.5, 0.6) is 0 Å². The highest BCUT2D eigenvalue weighted by Gasteiger charge is 2.18. The van der Waals surface area contributed by atoms with E-state index in [4.69, 9.17) is 4.74 Å². The van der Waals surface area contributed by atoms with E-state index < -0.39 is 5.60 Å². The number of amides is 1. The molecule has 0 heterocycles. The number of carbonyl (C=O) groups is 1. The highest BCUT2D eigenvalue weighted by Crippen LogP contribution is 2.10. The van der Waals surface area contributed by atoms with Crippen LogP contribution in [-0.4, -0.2) is 30.2 Å². The molecule has 18 heavy (non-hydrogen) atoms. The lowest BCUT2D eigenvalue weighted by atomic mass is 10.1. The third-order valence-electron chi connectivity index (χ3n) is 2.35. The Balaban J connectivity index is 2.29. The molecule has 3 heteroatoms. The Kier molecular flexibility index (Phi) is 5.20. The van der Waals surface area contributed by atoms with Gasteiger partial charge in [-0.15, -0.1) is 0 Å². The lowest BCUT2D eigenvalue weighted by molar-refractivity contribution is 0.0300. The summed E-state index contributed by atoms with van der Waals surface area (Å²) in [5.41, 5.74) is 0.740. The molecule has 0 unspecified atom stereocenters. The predicted molar refractivity (Wildman–Crippen MR) is 73.3 cm³/mol. The van der Waals surface area contributed by atoms with Gasteiger partial charge >= 0.3 is 6.09 Å². The molecule has 1 amide bonds. The Morgan fingerprint density at radius 1 is 1.28 bits per heavy atom. The Morgan fingerprint density at radius 2 is 1.89 bits per heavy atom. The Labute approximate surface area is 110 Å². The van der Waals surface area contributed by atoms with Crippen LogP contribution < -0.4 is 0 Å². The predicted octanol–water partition coefficient (Wildman–Crippen LogP) is 3.50. The second kappa shape index (κ2) is 6.43. The van der Waals surface area contributed by atoms with E-state index in [9.17, 15) is 4.79 Å². The third kappa shape index (κ3) is 5.71. The normalized spacial score (nSPS) is 11.1. The number of rotatable bonds is 4. The summed E-state index contributed by atoms with van der Waals surface area (Å²) >= 11 is 0. The van der Waals surface area contributed by atoms with E-state index >= 15 is 0 Å². The Bertz CT molecular complexity index is 368. The zero-order chi connectivity index (χ0) is 13.6. The van der Waals surface area contributed by atoms with Crippen LogP contribution in [0.2, 0.25) is 0 Å². The minimum Gasteiger partial charge on any atom is -0.444 e. The Morgan fingerprint density at radius 3 is 2.44 bits per heavy atom. The zero-order valence-corrected chi connectivity index (χ0v) is 11.6. The van der Waals surface area contributed by atoms with Crippen molar-refractivity contribution >= 4 is 6.09 Å². The fourth-order valence-corrected chi connectivity index (χ4v) is 1.45. The molecule has 0 N–H and O–H groups in total. The molecule has 1 aromatic rings. The van der Waals surface area contributed by atoms with Crippen LogP contribution in [0, 0.1) is 6.42 Å². The Hall–Kier alpha value is -1.51. The molecule has 0 aromatic heterocycles. The molecule has 0 aliphatic rings. The minimum atomic E-state index is -0.436. The molecule has 0 saturated carbocycles. The minimum absolute atomic E-state index is 0.274. The largest absolute Gasteiger partial charge is 0.444 e. The van der Waals surface area contributed by atoms with Gasteiger partial charge < -0.3 is 9.64 Å². The van der Waals surface area contributed by atoms with Gasteiger partial charge in [-0.3, -0.25) is 0 Å². The molecule has 0 saturated heterocycles. The van der Waals surface area contributed by atoms with E-state index in [0.29, 0.717) is 6.54 Å². The summed E-state index contributed by atoms with van der Waals surface area (Å²) in [6, 6.07) is 10.1. The van der Waals surface area contributed by atoms with E-state index in [1.807, 2.05) is 51.1 Å². The van der Waals surface area contributed by atoms with Gasteiger partial charge in [0.2, 0.25) is 0 Å². The van der Waals surface area contributed by atoms with Crippen molar-refractivity contribution in [1.82, 2.24) is 4.90 Å². The number of benzene rings is 1. The summed E-state index contributed by atoms with van der Waals surface area (Å²) in [7, 11) is 1.76. The van der Waals surface area contributed by atoms with Crippen LogP contribution in [0.1, 0.15) is 32.8 Å². The first-order valence-electron chi connectivity index (χ1n) is 6.21. The lowest BCUT2D eigenvalue weighted by Crippen LogP contribution is -2.34. The van der Waals surface area contributed by atoms with E-state index in [-0.39, 0.29) is 6.09 Å². The maximum absolute atomic E-state index is 11.7. The lowest BCUT2D eigenvalue weighted by Gasteiger charge is -2.24. The molecule has 0 atom stereocenters. The van der Waals surface area contributed by atoms with Crippen LogP contribution >= 0.6 is 0 Å². The van der Waals surface area contributed by atoms with Crippen LogP contribution in [0.15, 0.2) is 30.3 Å². The molecule has 1 rings (SSSR count). The molecule has 0 aliphatic heterocycles. The molecule has 99 valence electrons. The maximum atomic E-state index is 11.7. The molecular weight excluding hydrogens is 226 g/mol. The van der Waals surface area contributed by atoms with Crippen molar-refractivity contribution in [3.63, 3.8) is 0 Å². The molecule has 1 radical (unpaired) electrons. The van der Waals surface area contributed by atoms with Gasteiger partial charge in [0, 0.05) is 13.6 Å². The number of ether oxygens (including phenoxy) is 1. The van der Waals surface area contributed by atoms with E-state index in [1.165, 1.54) is 5.56 Å². The van der Waals surface area contributed by atoms with E-state index in [2.05, 4.69) is 6.42 Å². The van der Waals surface area contributed by atoms with Crippen molar-refractivity contribution in [3.05, 3.63) is 42.3 Å². The SMILES string of the molecule is CN(CC[CH]c1ccccc1)C(=O)OC(C)(C)C. The van der Waals surface area contributed by atoms with Crippen LogP contribution in [0.25, 0.3) is 0 Å². The second-order valence-corrected chi connectivity index (χ2v) is 5.31. The molecular formula is C15H22NO2. The van der Waals surface area contributed by atoms with E-state index in [1.54, 1.807) is 11.9 Å².